The van der Waals surface area contributed by atoms with Gasteiger partial charge in [-0.2, -0.15) is 9.97 Å². The van der Waals surface area contributed by atoms with Gasteiger partial charge in [0.2, 0.25) is 0 Å². The third kappa shape index (κ3) is 3.79. The quantitative estimate of drug-likeness (QED) is 0.453. The molecule has 226 valence electrons. The molecule has 2 aromatic rings. The molecule has 1 spiro atoms. The number of rotatable bonds is 4. The van der Waals surface area contributed by atoms with E-state index in [1.807, 2.05) is 25.7 Å². The number of alkyl halides is 1. The van der Waals surface area contributed by atoms with Crippen LogP contribution in [0.1, 0.15) is 64.0 Å². The Balaban J connectivity index is 1.18. The van der Waals surface area contributed by atoms with Crippen molar-refractivity contribution in [2.75, 3.05) is 37.7 Å². The molecule has 5 atom stereocenters. The van der Waals surface area contributed by atoms with Crippen molar-refractivity contribution in [3.05, 3.63) is 21.4 Å². The number of carbonyl (C=O) groups excluding carboxylic acids is 1. The molecule has 12 heteroatoms. The fourth-order valence-corrected chi connectivity index (χ4v) is 9.20. The van der Waals surface area contributed by atoms with Crippen LogP contribution < -0.4 is 9.64 Å². The van der Waals surface area contributed by atoms with Crippen LogP contribution in [0.15, 0.2) is 4.47 Å². The topological polar surface area (TPSA) is 80.3 Å². The highest BCUT2D eigenvalue weighted by Crippen LogP contribution is 2.63. The van der Waals surface area contributed by atoms with E-state index in [0.29, 0.717) is 54.9 Å². The van der Waals surface area contributed by atoms with Crippen LogP contribution in [0.3, 0.4) is 0 Å². The smallest absolute Gasteiger partial charge is 0.410 e. The lowest BCUT2D eigenvalue weighted by Gasteiger charge is -2.67. The number of hydrogen-bond donors (Lipinski definition) is 0. The van der Waals surface area contributed by atoms with Gasteiger partial charge in [0.25, 0.3) is 0 Å². The highest BCUT2D eigenvalue weighted by atomic mass is 79.9. The Kier molecular flexibility index (Phi) is 5.91. The molecule has 0 N–H and O–H groups in total. The molecule has 42 heavy (non-hydrogen) atoms. The fraction of sp³-hybridized carbons (Fsp3) is 0.700. The number of benzene rings is 1. The lowest BCUT2D eigenvalue weighted by Crippen LogP contribution is -2.77. The highest BCUT2D eigenvalue weighted by Gasteiger charge is 2.71. The van der Waals surface area contributed by atoms with Crippen LogP contribution in [0.25, 0.3) is 10.9 Å². The lowest BCUT2D eigenvalue weighted by atomic mass is 9.53. The van der Waals surface area contributed by atoms with Gasteiger partial charge in [-0.25, -0.2) is 13.6 Å². The van der Waals surface area contributed by atoms with Gasteiger partial charge in [0.05, 0.1) is 34.7 Å². The van der Waals surface area contributed by atoms with Gasteiger partial charge in [0, 0.05) is 43.1 Å². The van der Waals surface area contributed by atoms with E-state index in [2.05, 4.69) is 30.7 Å². The number of halogens is 3. The molecule has 5 fully saturated rings. The van der Waals surface area contributed by atoms with Crippen molar-refractivity contribution in [3.8, 4) is 6.01 Å². The molecular weight excluding hydrogens is 612 g/mol. The molecule has 0 bridgehead atoms. The summed E-state index contributed by atoms with van der Waals surface area (Å²) in [5.41, 5.74) is 0.886. The average Bonchev–Trinajstić information content (AvgIpc) is 3.68. The van der Waals surface area contributed by atoms with Crippen molar-refractivity contribution in [1.29, 1.82) is 0 Å². The third-order valence-electron chi connectivity index (χ3n) is 10.6. The normalized spacial score (nSPS) is 33.2. The van der Waals surface area contributed by atoms with Crippen molar-refractivity contribution in [2.24, 2.45) is 5.41 Å². The van der Waals surface area contributed by atoms with Crippen LogP contribution in [0.5, 0.6) is 6.01 Å². The van der Waals surface area contributed by atoms with Crippen LogP contribution in [0.4, 0.5) is 19.4 Å². The van der Waals surface area contributed by atoms with Gasteiger partial charge < -0.3 is 24.0 Å². The molecule has 0 radical (unpaired) electrons. The van der Waals surface area contributed by atoms with Crippen molar-refractivity contribution in [2.45, 2.75) is 95.5 Å². The summed E-state index contributed by atoms with van der Waals surface area (Å²) in [7, 11) is 0. The standard InChI is InChI=1S/C30H36BrF2N5O4/c1-28(2,3)42-27(39)36-11-20-30(14-36)7-5-19(30)38(20)25-21-17-12-40-13-18(17)22(31)23(33)24(21)34-26(35-25)41-15-29-6-4-8-37(29)10-16(32)9-29/h16,19-20H,4-15H2,1-3H3/t16-,19?,20?,29+,30?/m1/s1. The van der Waals surface area contributed by atoms with E-state index in [1.165, 1.54) is 0 Å². The Morgan fingerprint density at radius 1 is 1.17 bits per heavy atom. The maximum atomic E-state index is 16.0. The van der Waals surface area contributed by atoms with Crippen molar-refractivity contribution >= 4 is 38.7 Å². The summed E-state index contributed by atoms with van der Waals surface area (Å²) in [6, 6.07) is 0.312. The first kappa shape index (κ1) is 27.3. The summed E-state index contributed by atoms with van der Waals surface area (Å²) in [5.74, 6) is 0.172. The molecule has 9 nitrogen and oxygen atoms in total. The SMILES string of the molecule is CC(C)(C)OC(=O)N1CC2N(c3nc(OC[C@@]45CCCN4C[C@H](F)C5)nc4c(F)c(Br)c5c(c34)COC5)C3CCC32C1. The predicted molar refractivity (Wildman–Crippen MR) is 154 cm³/mol. The van der Waals surface area contributed by atoms with Gasteiger partial charge in [0.15, 0.2) is 5.82 Å². The van der Waals surface area contributed by atoms with E-state index < -0.39 is 17.6 Å². The fourth-order valence-electron chi connectivity index (χ4n) is 8.66. The van der Waals surface area contributed by atoms with Crippen LogP contribution >= 0.6 is 15.9 Å². The number of carbonyl (C=O) groups is 1. The van der Waals surface area contributed by atoms with Crippen LogP contribution in [0.2, 0.25) is 0 Å². The van der Waals surface area contributed by atoms with E-state index in [0.717, 1.165) is 43.4 Å². The number of piperidine rings is 1. The van der Waals surface area contributed by atoms with Crippen molar-refractivity contribution in [3.63, 3.8) is 0 Å². The number of fused-ring (bicyclic) bond motifs is 4. The Morgan fingerprint density at radius 2 is 1.98 bits per heavy atom. The molecule has 4 saturated heterocycles. The van der Waals surface area contributed by atoms with E-state index in [-0.39, 0.29) is 47.3 Å². The van der Waals surface area contributed by atoms with Gasteiger partial charge in [0.1, 0.15) is 29.7 Å². The lowest BCUT2D eigenvalue weighted by molar-refractivity contribution is -0.00883. The summed E-state index contributed by atoms with van der Waals surface area (Å²) in [4.78, 5) is 28.9. The molecule has 3 unspecified atom stereocenters. The van der Waals surface area contributed by atoms with Crippen LogP contribution in [-0.4, -0.2) is 88.0 Å². The zero-order chi connectivity index (χ0) is 29.2. The van der Waals surface area contributed by atoms with Crippen molar-refractivity contribution in [1.82, 2.24) is 19.8 Å². The molecule has 1 amide bonds. The van der Waals surface area contributed by atoms with Gasteiger partial charge >= 0.3 is 12.1 Å². The molecule has 1 aliphatic carbocycles. The molecule has 1 saturated carbocycles. The van der Waals surface area contributed by atoms with E-state index in [9.17, 15) is 9.18 Å². The second-order valence-corrected chi connectivity index (χ2v) is 14.9. The Hall–Kier alpha value is -2.31. The molecule has 6 aliphatic rings. The van der Waals surface area contributed by atoms with Crippen LogP contribution in [0, 0.1) is 11.2 Å². The van der Waals surface area contributed by atoms with Crippen molar-refractivity contribution < 1.29 is 27.8 Å². The Labute approximate surface area is 252 Å². The number of nitrogens with zero attached hydrogens (tertiary/aromatic N) is 5. The van der Waals surface area contributed by atoms with E-state index in [4.69, 9.17) is 19.2 Å². The summed E-state index contributed by atoms with van der Waals surface area (Å²) >= 11 is 3.45. The second-order valence-electron chi connectivity index (χ2n) is 14.1. The number of anilines is 1. The van der Waals surface area contributed by atoms with E-state index in [1.54, 1.807) is 0 Å². The maximum Gasteiger partial charge on any atom is 0.410 e. The van der Waals surface area contributed by atoms with E-state index >= 15 is 4.39 Å². The monoisotopic (exact) mass is 647 g/mol. The molecule has 8 rings (SSSR count). The zero-order valence-electron chi connectivity index (χ0n) is 24.2. The Bertz CT molecular complexity index is 1500. The number of hydrogen-bond acceptors (Lipinski definition) is 8. The zero-order valence-corrected chi connectivity index (χ0v) is 25.8. The average molecular weight is 649 g/mol. The van der Waals surface area contributed by atoms with Gasteiger partial charge in [-0.3, -0.25) is 4.90 Å². The molecule has 6 heterocycles. The van der Waals surface area contributed by atoms with Gasteiger partial charge in [-0.05, 0) is 74.5 Å². The second kappa shape index (κ2) is 9.11. The highest BCUT2D eigenvalue weighted by molar-refractivity contribution is 9.10. The summed E-state index contributed by atoms with van der Waals surface area (Å²) in [6.07, 6.45) is 3.10. The first-order chi connectivity index (χ1) is 20.0. The van der Waals surface area contributed by atoms with Crippen LogP contribution in [-0.2, 0) is 22.7 Å². The summed E-state index contributed by atoms with van der Waals surface area (Å²) in [5, 5.41) is 0.650. The molecule has 1 aromatic carbocycles. The maximum absolute atomic E-state index is 16.0. The minimum Gasteiger partial charge on any atom is -0.461 e. The molecule has 5 aliphatic heterocycles. The Morgan fingerprint density at radius 3 is 2.74 bits per heavy atom. The first-order valence-electron chi connectivity index (χ1n) is 15.1. The minimum absolute atomic E-state index is 0.0217. The predicted octanol–water partition coefficient (Wildman–Crippen LogP) is 5.10. The molecular formula is C30H36BrF2N5O4. The van der Waals surface area contributed by atoms with Gasteiger partial charge in [-0.1, -0.05) is 0 Å². The summed E-state index contributed by atoms with van der Waals surface area (Å²) < 4.78 is 48.5. The third-order valence-corrected chi connectivity index (χ3v) is 11.4. The number of ether oxygens (including phenoxy) is 3. The van der Waals surface area contributed by atoms with Gasteiger partial charge in [-0.15, -0.1) is 0 Å². The number of likely N-dealkylation sites (tertiary alicyclic amines) is 1. The molecule has 1 aromatic heterocycles. The number of amides is 1. The number of aromatic nitrogens is 2. The first-order valence-corrected chi connectivity index (χ1v) is 15.9. The summed E-state index contributed by atoms with van der Waals surface area (Å²) in [6.45, 7) is 8.98. The minimum atomic E-state index is -0.874. The largest absolute Gasteiger partial charge is 0.461 e.